The van der Waals surface area contributed by atoms with Gasteiger partial charge >= 0.3 is 11.8 Å². The third-order valence-corrected chi connectivity index (χ3v) is 5.11. The molecule has 3 amide bonds. The summed E-state index contributed by atoms with van der Waals surface area (Å²) in [6.45, 7) is 3.93. The number of hydrogen-bond donors (Lipinski definition) is 2. The molecule has 2 N–H and O–H groups in total. The number of hydrogen-bond acceptors (Lipinski definition) is 4. The van der Waals surface area contributed by atoms with Gasteiger partial charge in [-0.3, -0.25) is 14.4 Å². The van der Waals surface area contributed by atoms with Crippen LogP contribution in [-0.2, 0) is 14.4 Å². The van der Waals surface area contributed by atoms with E-state index in [4.69, 9.17) is 0 Å². The van der Waals surface area contributed by atoms with E-state index in [1.165, 1.54) is 19.3 Å². The van der Waals surface area contributed by atoms with Crippen molar-refractivity contribution in [2.24, 2.45) is 0 Å². The number of amides is 3. The van der Waals surface area contributed by atoms with Crippen molar-refractivity contribution in [3.05, 3.63) is 24.3 Å². The van der Waals surface area contributed by atoms with Crippen LogP contribution in [-0.4, -0.2) is 55.3 Å². The van der Waals surface area contributed by atoms with Gasteiger partial charge in [-0.1, -0.05) is 0 Å². The van der Waals surface area contributed by atoms with Crippen molar-refractivity contribution < 1.29 is 14.4 Å². The lowest BCUT2D eigenvalue weighted by Gasteiger charge is -2.28. The Morgan fingerprint density at radius 1 is 0.926 bits per heavy atom. The Morgan fingerprint density at radius 3 is 2.33 bits per heavy atom. The number of benzene rings is 1. The first-order valence-corrected chi connectivity index (χ1v) is 9.85. The SMILES string of the molecule is O=C(NCCCN1CCCC1=O)C(=O)Nc1ccc(N2CCCCC2)cc1. The number of carbonyl (C=O) groups excluding carboxylic acids is 3. The molecular weight excluding hydrogens is 344 g/mol. The molecule has 1 aromatic rings. The summed E-state index contributed by atoms with van der Waals surface area (Å²) in [4.78, 5) is 39.6. The molecule has 2 fully saturated rings. The van der Waals surface area contributed by atoms with Crippen LogP contribution in [0.2, 0.25) is 0 Å². The monoisotopic (exact) mass is 372 g/mol. The lowest BCUT2D eigenvalue weighted by molar-refractivity contribution is -0.136. The van der Waals surface area contributed by atoms with E-state index >= 15 is 0 Å². The number of nitrogens with zero attached hydrogens (tertiary/aromatic N) is 2. The Bertz CT molecular complexity index is 668. The second-order valence-electron chi connectivity index (χ2n) is 7.14. The minimum absolute atomic E-state index is 0.173. The molecule has 7 heteroatoms. The third kappa shape index (κ3) is 5.45. The van der Waals surface area contributed by atoms with E-state index in [9.17, 15) is 14.4 Å². The molecule has 2 aliphatic rings. The number of likely N-dealkylation sites (tertiary alicyclic amines) is 1. The molecule has 2 heterocycles. The van der Waals surface area contributed by atoms with Gasteiger partial charge in [-0.25, -0.2) is 0 Å². The molecule has 2 aliphatic heterocycles. The van der Waals surface area contributed by atoms with Gasteiger partial charge in [0.05, 0.1) is 0 Å². The minimum Gasteiger partial charge on any atom is -0.372 e. The number of rotatable bonds is 6. The van der Waals surface area contributed by atoms with E-state index in [-0.39, 0.29) is 5.91 Å². The lowest BCUT2D eigenvalue weighted by atomic mass is 10.1. The Labute approximate surface area is 160 Å². The predicted octanol–water partition coefficient (Wildman–Crippen LogP) is 1.74. The van der Waals surface area contributed by atoms with E-state index in [1.54, 1.807) is 4.90 Å². The van der Waals surface area contributed by atoms with Gasteiger partial charge in [0.1, 0.15) is 0 Å². The second kappa shape index (κ2) is 9.39. The summed E-state index contributed by atoms with van der Waals surface area (Å²) < 4.78 is 0. The molecule has 146 valence electrons. The van der Waals surface area contributed by atoms with Crippen molar-refractivity contribution in [1.82, 2.24) is 10.2 Å². The van der Waals surface area contributed by atoms with Crippen molar-refractivity contribution in [2.45, 2.75) is 38.5 Å². The lowest BCUT2D eigenvalue weighted by Crippen LogP contribution is -2.37. The molecule has 0 aliphatic carbocycles. The highest BCUT2D eigenvalue weighted by molar-refractivity contribution is 6.39. The largest absolute Gasteiger partial charge is 0.372 e. The normalized spacial score (nSPS) is 17.1. The Kier molecular flexibility index (Phi) is 6.68. The predicted molar refractivity (Wildman–Crippen MR) is 105 cm³/mol. The van der Waals surface area contributed by atoms with Crippen LogP contribution in [0.15, 0.2) is 24.3 Å². The van der Waals surface area contributed by atoms with Crippen LogP contribution in [0.25, 0.3) is 0 Å². The standard InChI is InChI=1S/C20H28N4O3/c25-18-6-4-14-24(18)15-5-11-21-19(26)20(27)22-16-7-9-17(10-8-16)23-12-2-1-3-13-23/h7-10H,1-6,11-15H2,(H,21,26)(H,22,27). The molecule has 0 unspecified atom stereocenters. The zero-order valence-corrected chi connectivity index (χ0v) is 15.7. The summed E-state index contributed by atoms with van der Waals surface area (Å²) >= 11 is 0. The van der Waals surface area contributed by atoms with Crippen LogP contribution in [0, 0.1) is 0 Å². The Hall–Kier alpha value is -2.57. The molecule has 0 spiro atoms. The fourth-order valence-corrected chi connectivity index (χ4v) is 3.59. The fourth-order valence-electron chi connectivity index (χ4n) is 3.59. The molecule has 2 saturated heterocycles. The van der Waals surface area contributed by atoms with Gasteiger partial charge in [0.2, 0.25) is 5.91 Å². The summed E-state index contributed by atoms with van der Waals surface area (Å²) in [6.07, 6.45) is 5.88. The molecule has 1 aromatic carbocycles. The van der Waals surface area contributed by atoms with E-state index in [2.05, 4.69) is 15.5 Å². The Balaban J connectivity index is 1.38. The van der Waals surface area contributed by atoms with Crippen LogP contribution >= 0.6 is 0 Å². The quantitative estimate of drug-likeness (QED) is 0.589. The van der Waals surface area contributed by atoms with Gasteiger partial charge in [-0.15, -0.1) is 0 Å². The van der Waals surface area contributed by atoms with Gasteiger partial charge in [-0.05, 0) is 56.4 Å². The van der Waals surface area contributed by atoms with Crippen molar-refractivity contribution in [3.8, 4) is 0 Å². The molecule has 0 saturated carbocycles. The number of anilines is 2. The zero-order valence-electron chi connectivity index (χ0n) is 15.7. The van der Waals surface area contributed by atoms with Gasteiger partial charge < -0.3 is 20.4 Å². The molecule has 0 aromatic heterocycles. The molecule has 7 nitrogen and oxygen atoms in total. The first-order chi connectivity index (χ1) is 13.1. The number of carbonyl (C=O) groups is 3. The Morgan fingerprint density at radius 2 is 1.67 bits per heavy atom. The number of nitrogens with one attached hydrogen (secondary N) is 2. The average molecular weight is 372 g/mol. The second-order valence-corrected chi connectivity index (χ2v) is 7.14. The number of piperidine rings is 1. The smallest absolute Gasteiger partial charge is 0.313 e. The first-order valence-electron chi connectivity index (χ1n) is 9.85. The van der Waals surface area contributed by atoms with Crippen molar-refractivity contribution in [1.29, 1.82) is 0 Å². The first kappa shape index (κ1) is 19.2. The van der Waals surface area contributed by atoms with Crippen molar-refractivity contribution in [3.63, 3.8) is 0 Å². The van der Waals surface area contributed by atoms with E-state index in [0.29, 0.717) is 31.6 Å². The van der Waals surface area contributed by atoms with Gasteiger partial charge in [0, 0.05) is 50.5 Å². The molecule has 0 atom stereocenters. The molecule has 3 rings (SSSR count). The molecule has 27 heavy (non-hydrogen) atoms. The third-order valence-electron chi connectivity index (χ3n) is 5.11. The fraction of sp³-hybridized carbons (Fsp3) is 0.550. The van der Waals surface area contributed by atoms with Gasteiger partial charge in [0.15, 0.2) is 0 Å². The molecule has 0 bridgehead atoms. The van der Waals surface area contributed by atoms with Crippen LogP contribution in [0.5, 0.6) is 0 Å². The zero-order chi connectivity index (χ0) is 19.1. The summed E-state index contributed by atoms with van der Waals surface area (Å²) in [5, 5.41) is 5.23. The average Bonchev–Trinajstić information content (AvgIpc) is 3.11. The maximum atomic E-state index is 12.0. The van der Waals surface area contributed by atoms with Crippen LogP contribution in [0.3, 0.4) is 0 Å². The molecule has 0 radical (unpaired) electrons. The molecular formula is C20H28N4O3. The van der Waals surface area contributed by atoms with Crippen molar-refractivity contribution >= 4 is 29.1 Å². The van der Waals surface area contributed by atoms with E-state index < -0.39 is 11.8 Å². The highest BCUT2D eigenvalue weighted by Gasteiger charge is 2.19. The van der Waals surface area contributed by atoms with E-state index in [0.717, 1.165) is 31.7 Å². The highest BCUT2D eigenvalue weighted by atomic mass is 16.2. The summed E-state index contributed by atoms with van der Waals surface area (Å²) in [6, 6.07) is 7.61. The van der Waals surface area contributed by atoms with E-state index in [1.807, 2.05) is 24.3 Å². The van der Waals surface area contributed by atoms with Crippen molar-refractivity contribution in [2.75, 3.05) is 42.9 Å². The summed E-state index contributed by atoms with van der Waals surface area (Å²) in [5.74, 6) is -1.15. The topological polar surface area (TPSA) is 81.8 Å². The van der Waals surface area contributed by atoms with Gasteiger partial charge in [0.25, 0.3) is 0 Å². The van der Waals surface area contributed by atoms with Crippen LogP contribution < -0.4 is 15.5 Å². The maximum Gasteiger partial charge on any atom is 0.313 e. The summed E-state index contributed by atoms with van der Waals surface area (Å²) in [5.41, 5.74) is 1.76. The maximum absolute atomic E-state index is 12.0. The van der Waals surface area contributed by atoms with Crippen LogP contribution in [0.4, 0.5) is 11.4 Å². The highest BCUT2D eigenvalue weighted by Crippen LogP contribution is 2.21. The minimum atomic E-state index is -0.669. The summed E-state index contributed by atoms with van der Waals surface area (Å²) in [7, 11) is 0. The van der Waals surface area contributed by atoms with Crippen LogP contribution in [0.1, 0.15) is 38.5 Å². The van der Waals surface area contributed by atoms with Gasteiger partial charge in [-0.2, -0.15) is 0 Å².